The van der Waals surface area contributed by atoms with E-state index in [1.54, 1.807) is 11.3 Å². The third kappa shape index (κ3) is 4.64. The summed E-state index contributed by atoms with van der Waals surface area (Å²) in [6, 6.07) is 5.06. The topological polar surface area (TPSA) is 29.3 Å². The smallest absolute Gasteiger partial charge is 0.0931 e. The second-order valence-electron chi connectivity index (χ2n) is 4.84. The Morgan fingerprint density at radius 2 is 2.05 bits per heavy atom. The lowest BCUT2D eigenvalue weighted by Crippen LogP contribution is -2.44. The largest absolute Gasteiger partial charge is 0.326 e. The van der Waals surface area contributed by atoms with Gasteiger partial charge in [0.05, 0.1) is 10.4 Å². The summed E-state index contributed by atoms with van der Waals surface area (Å²) in [5.41, 5.74) is 6.36. The molecule has 0 amide bonds. The molecule has 0 bridgehead atoms. The van der Waals surface area contributed by atoms with Crippen LogP contribution in [0.15, 0.2) is 12.1 Å². The third-order valence-electron chi connectivity index (χ3n) is 3.61. The molecular formula is C14H25ClN2S2. The molecule has 0 saturated heterocycles. The SMILES string of the molecule is CCC(N)C(c1ccc(Cl)s1)N(C)C(CC)CSC. The van der Waals surface area contributed by atoms with Crippen LogP contribution in [0.1, 0.15) is 37.6 Å². The first-order valence-corrected chi connectivity index (χ1v) is 9.35. The Morgan fingerprint density at radius 3 is 2.47 bits per heavy atom. The minimum atomic E-state index is 0.149. The molecule has 0 aliphatic heterocycles. The van der Waals surface area contributed by atoms with Crippen molar-refractivity contribution in [3.8, 4) is 0 Å². The lowest BCUT2D eigenvalue weighted by atomic mass is 10.0. The van der Waals surface area contributed by atoms with Crippen molar-refractivity contribution in [2.24, 2.45) is 5.73 Å². The van der Waals surface area contributed by atoms with Gasteiger partial charge in [-0.25, -0.2) is 0 Å². The number of thioether (sulfide) groups is 1. The van der Waals surface area contributed by atoms with E-state index in [0.29, 0.717) is 6.04 Å². The van der Waals surface area contributed by atoms with Gasteiger partial charge in [0.2, 0.25) is 0 Å². The van der Waals surface area contributed by atoms with Crippen LogP contribution in [-0.4, -0.2) is 36.0 Å². The van der Waals surface area contributed by atoms with E-state index in [0.717, 1.165) is 22.9 Å². The lowest BCUT2D eigenvalue weighted by Gasteiger charge is -2.37. The van der Waals surface area contributed by atoms with Crippen molar-refractivity contribution in [1.29, 1.82) is 0 Å². The predicted molar refractivity (Wildman–Crippen MR) is 90.6 cm³/mol. The van der Waals surface area contributed by atoms with Crippen LogP contribution in [0, 0.1) is 0 Å². The van der Waals surface area contributed by atoms with Crippen LogP contribution in [0.25, 0.3) is 0 Å². The first-order valence-electron chi connectivity index (χ1n) is 6.76. The quantitative estimate of drug-likeness (QED) is 0.776. The molecule has 0 saturated carbocycles. The number of hydrogen-bond acceptors (Lipinski definition) is 4. The zero-order chi connectivity index (χ0) is 14.4. The zero-order valence-corrected chi connectivity index (χ0v) is 14.6. The number of halogens is 1. The Labute approximate surface area is 130 Å². The summed E-state index contributed by atoms with van der Waals surface area (Å²) >= 11 is 9.63. The van der Waals surface area contributed by atoms with Crippen LogP contribution < -0.4 is 5.73 Å². The highest BCUT2D eigenvalue weighted by Crippen LogP contribution is 2.34. The van der Waals surface area contributed by atoms with E-state index in [-0.39, 0.29) is 12.1 Å². The summed E-state index contributed by atoms with van der Waals surface area (Å²) in [5, 5.41) is 0. The van der Waals surface area contributed by atoms with Gasteiger partial charge in [-0.1, -0.05) is 25.4 Å². The number of nitrogens with two attached hydrogens (primary N) is 1. The normalized spacial score (nSPS) is 16.6. The Bertz CT molecular complexity index is 370. The van der Waals surface area contributed by atoms with Gasteiger partial charge in [-0.2, -0.15) is 11.8 Å². The molecule has 19 heavy (non-hydrogen) atoms. The van der Waals surface area contributed by atoms with Crippen molar-refractivity contribution in [3.05, 3.63) is 21.3 Å². The van der Waals surface area contributed by atoms with Crippen molar-refractivity contribution >= 4 is 34.7 Å². The van der Waals surface area contributed by atoms with Crippen LogP contribution in [0.5, 0.6) is 0 Å². The highest BCUT2D eigenvalue weighted by molar-refractivity contribution is 7.98. The van der Waals surface area contributed by atoms with Crippen molar-refractivity contribution in [2.75, 3.05) is 19.1 Å². The van der Waals surface area contributed by atoms with Crippen molar-refractivity contribution < 1.29 is 0 Å². The first-order chi connectivity index (χ1) is 9.04. The Kier molecular flexibility index (Phi) is 7.77. The molecule has 2 nitrogen and oxygen atoms in total. The summed E-state index contributed by atoms with van der Waals surface area (Å²) in [5.74, 6) is 1.14. The van der Waals surface area contributed by atoms with Gasteiger partial charge in [-0.15, -0.1) is 11.3 Å². The molecule has 0 aliphatic carbocycles. The van der Waals surface area contributed by atoms with E-state index in [2.05, 4.69) is 38.1 Å². The summed E-state index contributed by atoms with van der Waals surface area (Å²) in [6.07, 6.45) is 4.27. The molecule has 5 heteroatoms. The first kappa shape index (κ1) is 17.3. The fourth-order valence-electron chi connectivity index (χ4n) is 2.37. The maximum Gasteiger partial charge on any atom is 0.0931 e. The molecule has 0 radical (unpaired) electrons. The monoisotopic (exact) mass is 320 g/mol. The molecule has 0 fully saturated rings. The van der Waals surface area contributed by atoms with Gasteiger partial charge in [-0.3, -0.25) is 4.90 Å². The van der Waals surface area contributed by atoms with Crippen LogP contribution in [0.2, 0.25) is 4.34 Å². The van der Waals surface area contributed by atoms with Crippen molar-refractivity contribution in [2.45, 2.75) is 44.8 Å². The number of nitrogens with zero attached hydrogens (tertiary/aromatic N) is 1. The molecule has 3 unspecified atom stereocenters. The van der Waals surface area contributed by atoms with Crippen LogP contribution in [0.3, 0.4) is 0 Å². The molecule has 1 heterocycles. The molecule has 0 aliphatic rings. The van der Waals surface area contributed by atoms with E-state index in [1.807, 2.05) is 17.8 Å². The summed E-state index contributed by atoms with van der Waals surface area (Å²) in [6.45, 7) is 4.39. The lowest BCUT2D eigenvalue weighted by molar-refractivity contribution is 0.160. The molecule has 1 aromatic heterocycles. The van der Waals surface area contributed by atoms with Gasteiger partial charge in [-0.05, 0) is 38.3 Å². The van der Waals surface area contributed by atoms with E-state index in [1.165, 1.54) is 4.88 Å². The van der Waals surface area contributed by atoms with Gasteiger partial charge >= 0.3 is 0 Å². The average molecular weight is 321 g/mol. The van der Waals surface area contributed by atoms with Gasteiger partial charge in [0, 0.05) is 22.7 Å². The van der Waals surface area contributed by atoms with Gasteiger partial charge < -0.3 is 5.73 Å². The number of thiophene rings is 1. The fourth-order valence-corrected chi connectivity index (χ4v) is 4.51. The molecule has 0 aromatic carbocycles. The second-order valence-corrected chi connectivity index (χ2v) is 7.50. The minimum Gasteiger partial charge on any atom is -0.326 e. The molecule has 110 valence electrons. The van der Waals surface area contributed by atoms with Crippen LogP contribution in [0.4, 0.5) is 0 Å². The van der Waals surface area contributed by atoms with Crippen LogP contribution >= 0.6 is 34.7 Å². The Hall–Kier alpha value is 0.260. The molecular weight excluding hydrogens is 296 g/mol. The average Bonchev–Trinajstić information content (AvgIpc) is 2.82. The summed E-state index contributed by atoms with van der Waals surface area (Å²) in [7, 11) is 2.19. The van der Waals surface area contributed by atoms with E-state index >= 15 is 0 Å². The number of likely N-dealkylation sites (N-methyl/N-ethyl adjacent to an activating group) is 1. The predicted octanol–water partition coefficient (Wildman–Crippen LogP) is 4.25. The summed E-state index contributed by atoms with van der Waals surface area (Å²) in [4.78, 5) is 3.72. The van der Waals surface area contributed by atoms with Crippen LogP contribution in [-0.2, 0) is 0 Å². The minimum absolute atomic E-state index is 0.149. The maximum absolute atomic E-state index is 6.36. The summed E-state index contributed by atoms with van der Waals surface area (Å²) < 4.78 is 0.842. The van der Waals surface area contributed by atoms with Crippen molar-refractivity contribution in [3.63, 3.8) is 0 Å². The fraction of sp³-hybridized carbons (Fsp3) is 0.714. The second kappa shape index (κ2) is 8.53. The van der Waals surface area contributed by atoms with E-state index in [9.17, 15) is 0 Å². The molecule has 0 spiro atoms. The van der Waals surface area contributed by atoms with E-state index < -0.39 is 0 Å². The molecule has 3 atom stereocenters. The maximum atomic E-state index is 6.36. The van der Waals surface area contributed by atoms with Gasteiger partial charge in [0.25, 0.3) is 0 Å². The highest BCUT2D eigenvalue weighted by Gasteiger charge is 2.28. The zero-order valence-electron chi connectivity index (χ0n) is 12.2. The number of rotatable bonds is 8. The Balaban J connectivity index is 2.96. The Morgan fingerprint density at radius 1 is 1.37 bits per heavy atom. The molecule has 2 N–H and O–H groups in total. The molecule has 1 aromatic rings. The van der Waals surface area contributed by atoms with Gasteiger partial charge in [0.15, 0.2) is 0 Å². The third-order valence-corrected chi connectivity index (χ3v) is 5.63. The highest BCUT2D eigenvalue weighted by atomic mass is 35.5. The van der Waals surface area contributed by atoms with Gasteiger partial charge in [0.1, 0.15) is 0 Å². The molecule has 1 rings (SSSR count). The standard InChI is InChI=1S/C14H25ClN2S2/c1-5-10(9-18-4)17(3)14(11(16)6-2)12-7-8-13(15)19-12/h7-8,10-11,14H,5-6,9,16H2,1-4H3. The number of hydrogen-bond donors (Lipinski definition) is 1. The van der Waals surface area contributed by atoms with Crippen molar-refractivity contribution in [1.82, 2.24) is 4.90 Å². The van der Waals surface area contributed by atoms with E-state index in [4.69, 9.17) is 17.3 Å².